The van der Waals surface area contributed by atoms with Crippen molar-refractivity contribution in [3.05, 3.63) is 63.7 Å². The van der Waals surface area contributed by atoms with Crippen LogP contribution >= 0.6 is 0 Å². The molecule has 0 radical (unpaired) electrons. The minimum Gasteiger partial charge on any atom is -0.490 e. The van der Waals surface area contributed by atoms with Crippen molar-refractivity contribution in [2.45, 2.75) is 36.5 Å². The number of sulfonamides is 1. The highest BCUT2D eigenvalue weighted by Crippen LogP contribution is 2.36. The van der Waals surface area contributed by atoms with Crippen LogP contribution < -0.4 is 10.1 Å². The number of hydrogen-bond donors (Lipinski definition) is 1. The molecule has 0 atom stereocenters. The van der Waals surface area contributed by atoms with Gasteiger partial charge in [0.2, 0.25) is 10.0 Å². The van der Waals surface area contributed by atoms with E-state index >= 15 is 0 Å². The van der Waals surface area contributed by atoms with Crippen LogP contribution in [0.25, 0.3) is 0 Å². The Hall–Kier alpha value is -3.19. The molecule has 2 aromatic carbocycles. The van der Waals surface area contributed by atoms with Gasteiger partial charge in [-0.25, -0.2) is 8.42 Å². The number of carbonyl (C=O) groups excluding carboxylic acids is 1. The minimum atomic E-state index is -4.54. The van der Waals surface area contributed by atoms with E-state index in [1.165, 1.54) is 47.8 Å². The van der Waals surface area contributed by atoms with E-state index in [1.807, 2.05) is 0 Å². The van der Waals surface area contributed by atoms with Crippen molar-refractivity contribution in [3.8, 4) is 5.75 Å². The number of nitrogens with one attached hydrogen (secondary N) is 1. The zero-order chi connectivity index (χ0) is 24.4. The lowest BCUT2D eigenvalue weighted by Crippen LogP contribution is -2.34. The molecular formula is C20H20F3N3O6S. The Morgan fingerprint density at radius 1 is 1.21 bits per heavy atom. The van der Waals surface area contributed by atoms with Crippen LogP contribution in [0.4, 0.5) is 18.9 Å². The van der Waals surface area contributed by atoms with E-state index in [9.17, 15) is 36.5 Å². The van der Waals surface area contributed by atoms with Gasteiger partial charge in [-0.05, 0) is 42.7 Å². The second-order valence-corrected chi connectivity index (χ2v) is 9.26. The normalized spacial score (nSPS) is 14.2. The Morgan fingerprint density at radius 2 is 1.85 bits per heavy atom. The Balaban J connectivity index is 1.81. The van der Waals surface area contributed by atoms with Crippen LogP contribution in [0.15, 0.2) is 47.4 Å². The molecule has 13 heteroatoms. The average Bonchev–Trinajstić information content (AvgIpc) is 3.60. The highest BCUT2D eigenvalue weighted by atomic mass is 32.2. The number of alkyl halides is 3. The number of nitro benzene ring substituents is 1. The lowest BCUT2D eigenvalue weighted by atomic mass is 10.1. The number of hydrogen-bond acceptors (Lipinski definition) is 6. The number of rotatable bonds is 9. The quantitative estimate of drug-likeness (QED) is 0.429. The van der Waals surface area contributed by atoms with Gasteiger partial charge in [0, 0.05) is 24.2 Å². The summed E-state index contributed by atoms with van der Waals surface area (Å²) in [5.41, 5.74) is 0.0130. The van der Waals surface area contributed by atoms with Gasteiger partial charge in [-0.2, -0.15) is 17.5 Å². The van der Waals surface area contributed by atoms with Crippen LogP contribution in [0.2, 0.25) is 0 Å². The molecule has 1 aliphatic carbocycles. The monoisotopic (exact) mass is 487 g/mol. The maximum atomic E-state index is 13.2. The van der Waals surface area contributed by atoms with E-state index in [-0.39, 0.29) is 28.8 Å². The summed E-state index contributed by atoms with van der Waals surface area (Å²) in [6, 6.07) is 8.60. The summed E-state index contributed by atoms with van der Waals surface area (Å²) in [5.74, 6) is -0.979. The standard InChI is InChI=1S/C20H20F3N3O6S/c1-32-18-9-8-16(10-17(18)26(28)29)33(30,31)25(15-6-7-15)11-13-2-4-14(5-3-13)19(27)24-12-20(21,22)23/h2-5,8-10,15H,6-7,11-12H2,1H3,(H,24,27). The Morgan fingerprint density at radius 3 is 2.36 bits per heavy atom. The maximum Gasteiger partial charge on any atom is 0.405 e. The molecule has 1 aliphatic rings. The fourth-order valence-electron chi connectivity index (χ4n) is 3.11. The predicted octanol–water partition coefficient (Wildman–Crippen LogP) is 3.25. The van der Waals surface area contributed by atoms with Gasteiger partial charge < -0.3 is 10.1 Å². The van der Waals surface area contributed by atoms with Crippen LogP contribution in [-0.2, 0) is 16.6 Å². The topological polar surface area (TPSA) is 119 Å². The van der Waals surface area contributed by atoms with Gasteiger partial charge in [-0.1, -0.05) is 12.1 Å². The van der Waals surface area contributed by atoms with Crippen LogP contribution in [0.1, 0.15) is 28.8 Å². The molecule has 3 rings (SSSR count). The Bertz CT molecular complexity index is 1150. The van der Waals surface area contributed by atoms with Gasteiger partial charge >= 0.3 is 11.9 Å². The highest BCUT2D eigenvalue weighted by Gasteiger charge is 2.39. The third-order valence-electron chi connectivity index (χ3n) is 4.91. The van der Waals surface area contributed by atoms with Gasteiger partial charge in [0.1, 0.15) is 6.54 Å². The van der Waals surface area contributed by atoms with E-state index in [2.05, 4.69) is 0 Å². The van der Waals surface area contributed by atoms with Crippen molar-refractivity contribution < 1.29 is 36.0 Å². The summed E-state index contributed by atoms with van der Waals surface area (Å²) in [5, 5.41) is 13.0. The third-order valence-corrected chi connectivity index (χ3v) is 6.81. The lowest BCUT2D eigenvalue weighted by Gasteiger charge is -2.22. The SMILES string of the molecule is COc1ccc(S(=O)(=O)N(Cc2ccc(C(=O)NCC(F)(F)F)cc2)C2CC2)cc1[N+](=O)[O-]. The predicted molar refractivity (Wildman–Crippen MR) is 110 cm³/mol. The number of benzene rings is 2. The first-order valence-corrected chi connectivity index (χ1v) is 11.1. The van der Waals surface area contributed by atoms with Crippen LogP contribution in [0.3, 0.4) is 0 Å². The molecule has 178 valence electrons. The molecule has 2 aromatic rings. The second kappa shape index (κ2) is 9.35. The molecule has 0 aliphatic heterocycles. The van der Waals surface area contributed by atoms with Gasteiger partial charge in [0.15, 0.2) is 5.75 Å². The molecule has 1 fully saturated rings. The van der Waals surface area contributed by atoms with Crippen LogP contribution in [0.5, 0.6) is 5.75 Å². The Kier molecular flexibility index (Phi) is 6.93. The number of methoxy groups -OCH3 is 1. The lowest BCUT2D eigenvalue weighted by molar-refractivity contribution is -0.386. The summed E-state index contributed by atoms with van der Waals surface area (Å²) < 4.78 is 69.4. The van der Waals surface area contributed by atoms with Crippen LogP contribution in [0, 0.1) is 10.1 Å². The first-order chi connectivity index (χ1) is 15.4. The minimum absolute atomic E-state index is 0.00499. The molecular weight excluding hydrogens is 467 g/mol. The average molecular weight is 487 g/mol. The zero-order valence-electron chi connectivity index (χ0n) is 17.3. The van der Waals surface area contributed by atoms with E-state index in [4.69, 9.17) is 4.74 Å². The molecule has 9 nitrogen and oxygen atoms in total. The molecule has 33 heavy (non-hydrogen) atoms. The fraction of sp³-hybridized carbons (Fsp3) is 0.350. The molecule has 0 spiro atoms. The van der Waals surface area contributed by atoms with Gasteiger partial charge in [0.25, 0.3) is 5.91 Å². The van der Waals surface area contributed by atoms with Crippen molar-refractivity contribution in [3.63, 3.8) is 0 Å². The first-order valence-electron chi connectivity index (χ1n) is 9.70. The van der Waals surface area contributed by atoms with E-state index in [0.717, 1.165) is 6.07 Å². The van der Waals surface area contributed by atoms with Crippen molar-refractivity contribution >= 4 is 21.6 Å². The van der Waals surface area contributed by atoms with Gasteiger partial charge in [-0.3, -0.25) is 14.9 Å². The summed E-state index contributed by atoms with van der Waals surface area (Å²) in [6.45, 7) is -1.54. The first kappa shape index (κ1) is 24.5. The highest BCUT2D eigenvalue weighted by molar-refractivity contribution is 7.89. The number of nitrogens with zero attached hydrogens (tertiary/aromatic N) is 2. The van der Waals surface area contributed by atoms with E-state index in [0.29, 0.717) is 18.4 Å². The van der Waals surface area contributed by atoms with Gasteiger partial charge in [-0.15, -0.1) is 0 Å². The van der Waals surface area contributed by atoms with Crippen molar-refractivity contribution in [1.29, 1.82) is 0 Å². The molecule has 0 heterocycles. The smallest absolute Gasteiger partial charge is 0.405 e. The fourth-order valence-corrected chi connectivity index (χ4v) is 4.80. The molecule has 0 saturated heterocycles. The summed E-state index contributed by atoms with van der Waals surface area (Å²) in [7, 11) is -2.86. The molecule has 0 unspecified atom stereocenters. The zero-order valence-corrected chi connectivity index (χ0v) is 18.1. The maximum absolute atomic E-state index is 13.2. The number of halogens is 3. The summed E-state index contributed by atoms with van der Waals surface area (Å²) in [4.78, 5) is 22.1. The van der Waals surface area contributed by atoms with E-state index in [1.54, 1.807) is 5.32 Å². The number of amides is 1. The molecule has 1 saturated carbocycles. The molecule has 1 N–H and O–H groups in total. The molecule has 1 amide bonds. The van der Waals surface area contributed by atoms with E-state index < -0.39 is 39.3 Å². The summed E-state index contributed by atoms with van der Waals surface area (Å²) in [6.07, 6.45) is -3.30. The molecule has 0 aromatic heterocycles. The third kappa shape index (κ3) is 5.99. The Labute approximate surface area is 187 Å². The summed E-state index contributed by atoms with van der Waals surface area (Å²) >= 11 is 0. The number of carbonyl (C=O) groups is 1. The largest absolute Gasteiger partial charge is 0.490 e. The van der Waals surface area contributed by atoms with Crippen LogP contribution in [-0.4, -0.2) is 49.4 Å². The van der Waals surface area contributed by atoms with Crippen molar-refractivity contribution in [1.82, 2.24) is 9.62 Å². The van der Waals surface area contributed by atoms with Crippen molar-refractivity contribution in [2.24, 2.45) is 0 Å². The molecule has 0 bridgehead atoms. The van der Waals surface area contributed by atoms with Crippen molar-refractivity contribution in [2.75, 3.05) is 13.7 Å². The van der Waals surface area contributed by atoms with Gasteiger partial charge in [0.05, 0.1) is 16.9 Å². The number of nitro groups is 1. The number of ether oxygens (including phenoxy) is 1. The second-order valence-electron chi connectivity index (χ2n) is 7.37.